The molecule has 4 atom stereocenters. The zero-order valence-electron chi connectivity index (χ0n) is 12.3. The second-order valence-electron chi connectivity index (χ2n) is 6.44. The molecule has 2 fully saturated rings. The van der Waals surface area contributed by atoms with Gasteiger partial charge in [-0.3, -0.25) is 9.59 Å². The number of carboxylic acid groups (broad SMARTS) is 2. The first-order valence-corrected chi connectivity index (χ1v) is 7.12. The van der Waals surface area contributed by atoms with Crippen molar-refractivity contribution in [2.45, 2.75) is 64.5 Å². The molecule has 0 spiro atoms. The largest absolute Gasteiger partial charge is 0.481 e. The van der Waals surface area contributed by atoms with Crippen molar-refractivity contribution in [1.82, 2.24) is 0 Å². The minimum atomic E-state index is -0.752. The number of nitrogens with two attached hydrogens (primary N) is 2. The van der Waals surface area contributed by atoms with Gasteiger partial charge in [-0.2, -0.15) is 0 Å². The van der Waals surface area contributed by atoms with Crippen molar-refractivity contribution in [2.24, 2.45) is 22.3 Å². The first-order chi connectivity index (χ1) is 9.14. The minimum Gasteiger partial charge on any atom is -0.481 e. The van der Waals surface area contributed by atoms with Gasteiger partial charge in [0.2, 0.25) is 0 Å². The Bertz CT molecular complexity index is 351. The van der Waals surface area contributed by atoms with Crippen molar-refractivity contribution in [1.29, 1.82) is 0 Å². The molecule has 6 nitrogen and oxygen atoms in total. The molecule has 0 radical (unpaired) electrons. The lowest BCUT2D eigenvalue weighted by Gasteiger charge is -2.22. The van der Waals surface area contributed by atoms with Gasteiger partial charge in [0.05, 0.1) is 10.8 Å². The molecule has 0 amide bonds. The average Bonchev–Trinajstić information content (AvgIpc) is 2.87. The summed E-state index contributed by atoms with van der Waals surface area (Å²) in [6.45, 7) is 3.46. The monoisotopic (exact) mass is 286 g/mol. The summed E-state index contributed by atoms with van der Waals surface area (Å²) in [7, 11) is 0. The van der Waals surface area contributed by atoms with Crippen molar-refractivity contribution in [3.63, 3.8) is 0 Å². The van der Waals surface area contributed by atoms with Crippen molar-refractivity contribution in [2.75, 3.05) is 0 Å². The highest BCUT2D eigenvalue weighted by Crippen LogP contribution is 2.37. The Hall–Kier alpha value is -1.14. The zero-order valence-corrected chi connectivity index (χ0v) is 12.3. The van der Waals surface area contributed by atoms with Gasteiger partial charge >= 0.3 is 11.9 Å². The van der Waals surface area contributed by atoms with Gasteiger partial charge in [0.25, 0.3) is 0 Å². The third kappa shape index (κ3) is 3.12. The van der Waals surface area contributed by atoms with E-state index in [1.54, 1.807) is 13.8 Å². The van der Waals surface area contributed by atoms with Gasteiger partial charge < -0.3 is 21.7 Å². The summed E-state index contributed by atoms with van der Waals surface area (Å²) in [5, 5.41) is 17.5. The standard InChI is InChI=1S/2C7H13NO2/c2*1-7(6(9)10)4-2-3-5(7)8/h2*5H,2-4,8H2,1H3,(H,9,10)/t2*5-,7+/m10/s1. The highest BCUT2D eigenvalue weighted by molar-refractivity contribution is 5.76. The number of carbonyl (C=O) groups is 2. The van der Waals surface area contributed by atoms with Crippen LogP contribution in [-0.4, -0.2) is 34.2 Å². The van der Waals surface area contributed by atoms with Crippen LogP contribution in [0.2, 0.25) is 0 Å². The zero-order chi connectivity index (χ0) is 15.6. The van der Waals surface area contributed by atoms with Gasteiger partial charge in [0.15, 0.2) is 0 Å². The highest BCUT2D eigenvalue weighted by Gasteiger charge is 2.43. The highest BCUT2D eigenvalue weighted by atomic mass is 16.4. The average molecular weight is 286 g/mol. The first-order valence-electron chi connectivity index (χ1n) is 7.12. The van der Waals surface area contributed by atoms with Crippen LogP contribution in [0.4, 0.5) is 0 Å². The van der Waals surface area contributed by atoms with Crippen LogP contribution in [0.25, 0.3) is 0 Å². The van der Waals surface area contributed by atoms with E-state index in [1.807, 2.05) is 0 Å². The maximum atomic E-state index is 10.7. The minimum absolute atomic E-state index is 0.148. The van der Waals surface area contributed by atoms with Crippen LogP contribution in [0.1, 0.15) is 52.4 Å². The second-order valence-corrected chi connectivity index (χ2v) is 6.44. The summed E-state index contributed by atoms with van der Waals surface area (Å²) in [6.07, 6.45) is 5.05. The summed E-state index contributed by atoms with van der Waals surface area (Å²) >= 11 is 0. The van der Waals surface area contributed by atoms with Crippen LogP contribution < -0.4 is 11.5 Å². The Morgan fingerprint density at radius 2 is 1.20 bits per heavy atom. The SMILES string of the molecule is C[C@@]1(C(=O)O)CCC[C@@H]1N.C[C@]1(C(=O)O)CCC[C@H]1N. The van der Waals surface area contributed by atoms with Gasteiger partial charge in [-0.25, -0.2) is 0 Å². The lowest BCUT2D eigenvalue weighted by Crippen LogP contribution is -2.40. The Morgan fingerprint density at radius 1 is 0.900 bits per heavy atom. The summed E-state index contributed by atoms with van der Waals surface area (Å²) in [4.78, 5) is 21.3. The fourth-order valence-electron chi connectivity index (χ4n) is 2.92. The Balaban J connectivity index is 0.000000200. The molecule has 6 heteroatoms. The van der Waals surface area contributed by atoms with E-state index >= 15 is 0 Å². The lowest BCUT2D eigenvalue weighted by atomic mass is 9.85. The van der Waals surface area contributed by atoms with Crippen LogP contribution in [0.3, 0.4) is 0 Å². The summed E-state index contributed by atoms with van der Waals surface area (Å²) in [6, 6.07) is -0.296. The van der Waals surface area contributed by atoms with E-state index in [-0.39, 0.29) is 12.1 Å². The topological polar surface area (TPSA) is 127 Å². The third-order valence-corrected chi connectivity index (χ3v) is 5.04. The molecule has 2 rings (SSSR count). The van der Waals surface area contributed by atoms with Gasteiger partial charge in [-0.15, -0.1) is 0 Å². The van der Waals surface area contributed by atoms with Gasteiger partial charge in [-0.1, -0.05) is 12.8 Å². The van der Waals surface area contributed by atoms with Gasteiger partial charge in [0, 0.05) is 12.1 Å². The molecular formula is C14H26N2O4. The number of rotatable bonds is 2. The molecule has 0 bridgehead atoms. The molecule has 6 N–H and O–H groups in total. The van der Waals surface area contributed by atoms with Crippen LogP contribution in [0.15, 0.2) is 0 Å². The van der Waals surface area contributed by atoms with E-state index in [9.17, 15) is 9.59 Å². The number of hydrogen-bond donors (Lipinski definition) is 4. The quantitative estimate of drug-likeness (QED) is 0.603. The van der Waals surface area contributed by atoms with E-state index < -0.39 is 22.8 Å². The van der Waals surface area contributed by atoms with Crippen molar-refractivity contribution in [3.8, 4) is 0 Å². The molecule has 0 aliphatic heterocycles. The molecule has 0 heterocycles. The molecule has 0 aromatic heterocycles. The summed E-state index contributed by atoms with van der Waals surface area (Å²) in [5.74, 6) is -1.50. The molecule has 116 valence electrons. The van der Waals surface area contributed by atoms with Gasteiger partial charge in [0.1, 0.15) is 0 Å². The Labute approximate surface area is 119 Å². The molecule has 0 unspecified atom stereocenters. The number of carboxylic acids is 2. The molecular weight excluding hydrogens is 260 g/mol. The maximum absolute atomic E-state index is 10.7. The van der Waals surface area contributed by atoms with Gasteiger partial charge in [-0.05, 0) is 39.5 Å². The fraction of sp³-hybridized carbons (Fsp3) is 0.857. The van der Waals surface area contributed by atoms with Crippen LogP contribution in [-0.2, 0) is 9.59 Å². The molecule has 20 heavy (non-hydrogen) atoms. The summed E-state index contributed by atoms with van der Waals surface area (Å²) < 4.78 is 0. The predicted octanol–water partition coefficient (Wildman–Crippen LogP) is 1.18. The predicted molar refractivity (Wildman–Crippen MR) is 75.1 cm³/mol. The lowest BCUT2D eigenvalue weighted by molar-refractivity contribution is -0.149. The van der Waals surface area contributed by atoms with Crippen molar-refractivity contribution in [3.05, 3.63) is 0 Å². The smallest absolute Gasteiger partial charge is 0.310 e. The van der Waals surface area contributed by atoms with Crippen molar-refractivity contribution < 1.29 is 19.8 Å². The third-order valence-electron chi connectivity index (χ3n) is 5.04. The van der Waals surface area contributed by atoms with E-state index in [0.717, 1.165) is 38.5 Å². The molecule has 0 aromatic carbocycles. The normalized spacial score (nSPS) is 40.0. The van der Waals surface area contributed by atoms with Crippen LogP contribution in [0, 0.1) is 10.8 Å². The second kappa shape index (κ2) is 6.10. The fourth-order valence-corrected chi connectivity index (χ4v) is 2.92. The van der Waals surface area contributed by atoms with E-state index in [2.05, 4.69) is 0 Å². The molecule has 0 saturated heterocycles. The van der Waals surface area contributed by atoms with E-state index in [1.165, 1.54) is 0 Å². The Kier molecular flexibility index (Phi) is 5.15. The maximum Gasteiger partial charge on any atom is 0.310 e. The molecule has 2 saturated carbocycles. The molecule has 2 aliphatic rings. The van der Waals surface area contributed by atoms with Crippen LogP contribution in [0.5, 0.6) is 0 Å². The Morgan fingerprint density at radius 3 is 1.30 bits per heavy atom. The summed E-state index contributed by atoms with van der Waals surface area (Å²) in [5.41, 5.74) is 9.96. The van der Waals surface area contributed by atoms with E-state index in [0.29, 0.717) is 0 Å². The number of aliphatic carboxylic acids is 2. The molecule has 2 aliphatic carbocycles. The van der Waals surface area contributed by atoms with Crippen molar-refractivity contribution >= 4 is 11.9 Å². The first kappa shape index (κ1) is 16.9. The van der Waals surface area contributed by atoms with Crippen LogP contribution >= 0.6 is 0 Å². The van der Waals surface area contributed by atoms with E-state index in [4.69, 9.17) is 21.7 Å². The molecule has 0 aromatic rings. The number of hydrogen-bond acceptors (Lipinski definition) is 4.